The van der Waals surface area contributed by atoms with Crippen LogP contribution in [0.5, 0.6) is 0 Å². The third kappa shape index (κ3) is 4.28. The van der Waals surface area contributed by atoms with Gasteiger partial charge in [-0.1, -0.05) is 18.2 Å². The van der Waals surface area contributed by atoms with E-state index in [1.807, 2.05) is 6.07 Å². The number of sulfonamides is 1. The topological polar surface area (TPSA) is 99.1 Å². The van der Waals surface area contributed by atoms with Crippen LogP contribution in [0.4, 0.5) is 0 Å². The first-order valence-electron chi connectivity index (χ1n) is 8.29. The Labute approximate surface area is 152 Å². The van der Waals surface area contributed by atoms with Gasteiger partial charge in [-0.05, 0) is 55.2 Å². The van der Waals surface area contributed by atoms with E-state index < -0.39 is 10.0 Å². The van der Waals surface area contributed by atoms with Crippen LogP contribution in [0, 0.1) is 18.3 Å². The van der Waals surface area contributed by atoms with Crippen molar-refractivity contribution in [3.05, 3.63) is 64.7 Å². The smallest absolute Gasteiger partial charge is 0.251 e. The Balaban J connectivity index is 1.73. The second kappa shape index (κ2) is 7.28. The van der Waals surface area contributed by atoms with E-state index >= 15 is 0 Å². The Hall–Kier alpha value is -2.69. The minimum atomic E-state index is -3.61. The van der Waals surface area contributed by atoms with E-state index in [0.717, 1.165) is 18.4 Å². The first kappa shape index (κ1) is 18.1. The Bertz CT molecular complexity index is 972. The Morgan fingerprint density at radius 2 is 1.88 bits per heavy atom. The van der Waals surface area contributed by atoms with Gasteiger partial charge < -0.3 is 5.32 Å². The van der Waals surface area contributed by atoms with Crippen LogP contribution < -0.4 is 10.0 Å². The minimum absolute atomic E-state index is 0.00922. The molecular formula is C19H19N3O3S. The van der Waals surface area contributed by atoms with Crippen molar-refractivity contribution < 1.29 is 13.2 Å². The lowest BCUT2D eigenvalue weighted by molar-refractivity contribution is 0.0950. The zero-order chi connectivity index (χ0) is 18.7. The maximum absolute atomic E-state index is 12.5. The standard InChI is InChI=1S/C19H19N3O3S/c1-13-2-9-17(26(24,25)22-16-7-8-16)10-18(13)19(23)21-12-15-5-3-14(11-20)4-6-15/h2-6,9-10,16,22H,7-8,12H2,1H3,(H,21,23). The molecule has 0 unspecified atom stereocenters. The van der Waals surface area contributed by atoms with Crippen LogP contribution in [-0.4, -0.2) is 20.4 Å². The number of carbonyl (C=O) groups is 1. The highest BCUT2D eigenvalue weighted by Gasteiger charge is 2.28. The van der Waals surface area contributed by atoms with Gasteiger partial charge in [0.05, 0.1) is 16.5 Å². The van der Waals surface area contributed by atoms with Crippen LogP contribution in [0.25, 0.3) is 0 Å². The maximum atomic E-state index is 12.5. The highest BCUT2D eigenvalue weighted by molar-refractivity contribution is 7.89. The van der Waals surface area contributed by atoms with E-state index in [4.69, 9.17) is 5.26 Å². The van der Waals surface area contributed by atoms with Gasteiger partial charge in [-0.3, -0.25) is 4.79 Å². The number of hydrogen-bond acceptors (Lipinski definition) is 4. The number of carbonyl (C=O) groups excluding carboxylic acids is 1. The number of benzene rings is 2. The Kier molecular flexibility index (Phi) is 5.07. The summed E-state index contributed by atoms with van der Waals surface area (Å²) in [5.41, 5.74) is 2.44. The van der Waals surface area contributed by atoms with Crippen molar-refractivity contribution in [2.75, 3.05) is 0 Å². The molecule has 1 amide bonds. The first-order chi connectivity index (χ1) is 12.4. The summed E-state index contributed by atoms with van der Waals surface area (Å²) in [7, 11) is -3.61. The number of nitrogens with one attached hydrogen (secondary N) is 2. The summed E-state index contributed by atoms with van der Waals surface area (Å²) < 4.78 is 27.3. The van der Waals surface area contributed by atoms with Gasteiger partial charge in [-0.2, -0.15) is 5.26 Å². The molecule has 0 atom stereocenters. The molecule has 2 N–H and O–H groups in total. The lowest BCUT2D eigenvalue weighted by Gasteiger charge is -2.11. The summed E-state index contributed by atoms with van der Waals surface area (Å²) in [6.45, 7) is 2.06. The molecule has 1 saturated carbocycles. The first-order valence-corrected chi connectivity index (χ1v) is 9.77. The predicted molar refractivity (Wildman–Crippen MR) is 96.8 cm³/mol. The average Bonchev–Trinajstić information content (AvgIpc) is 3.43. The van der Waals surface area contributed by atoms with Crippen molar-refractivity contribution in [3.8, 4) is 6.07 Å². The number of rotatable bonds is 6. The molecule has 0 radical (unpaired) electrons. The molecule has 2 aromatic rings. The van der Waals surface area contributed by atoms with Crippen molar-refractivity contribution in [2.24, 2.45) is 0 Å². The summed E-state index contributed by atoms with van der Waals surface area (Å²) >= 11 is 0. The molecule has 6 nitrogen and oxygen atoms in total. The van der Waals surface area contributed by atoms with Crippen molar-refractivity contribution >= 4 is 15.9 Å². The molecule has 1 aliphatic carbocycles. The van der Waals surface area contributed by atoms with Crippen molar-refractivity contribution in [3.63, 3.8) is 0 Å². The second-order valence-corrected chi connectivity index (χ2v) is 8.08. The molecule has 1 fully saturated rings. The van der Waals surface area contributed by atoms with Gasteiger partial charge >= 0.3 is 0 Å². The monoisotopic (exact) mass is 369 g/mol. The van der Waals surface area contributed by atoms with Crippen LogP contribution in [0.2, 0.25) is 0 Å². The zero-order valence-corrected chi connectivity index (χ0v) is 15.1. The number of hydrogen-bond donors (Lipinski definition) is 2. The molecule has 7 heteroatoms. The average molecular weight is 369 g/mol. The molecule has 26 heavy (non-hydrogen) atoms. The minimum Gasteiger partial charge on any atom is -0.348 e. The quantitative estimate of drug-likeness (QED) is 0.816. The van der Waals surface area contributed by atoms with Crippen LogP contribution in [0.15, 0.2) is 47.4 Å². The van der Waals surface area contributed by atoms with Gasteiger partial charge in [0.15, 0.2) is 0 Å². The highest BCUT2D eigenvalue weighted by atomic mass is 32.2. The molecule has 0 saturated heterocycles. The van der Waals surface area contributed by atoms with Crippen LogP contribution in [0.3, 0.4) is 0 Å². The van der Waals surface area contributed by atoms with Gasteiger partial charge in [-0.15, -0.1) is 0 Å². The fourth-order valence-corrected chi connectivity index (χ4v) is 3.81. The molecule has 3 rings (SSSR count). The maximum Gasteiger partial charge on any atom is 0.251 e. The van der Waals surface area contributed by atoms with Gasteiger partial charge in [0.2, 0.25) is 10.0 Å². The summed E-state index contributed by atoms with van der Waals surface area (Å²) in [5.74, 6) is -0.338. The van der Waals surface area contributed by atoms with Gasteiger partial charge in [0, 0.05) is 18.2 Å². The van der Waals surface area contributed by atoms with Crippen LogP contribution >= 0.6 is 0 Å². The normalized spacial score (nSPS) is 13.8. The summed E-state index contributed by atoms with van der Waals surface area (Å²) in [6.07, 6.45) is 1.70. The number of amides is 1. The van der Waals surface area contributed by atoms with Crippen molar-refractivity contribution in [1.82, 2.24) is 10.0 Å². The van der Waals surface area contributed by atoms with E-state index in [9.17, 15) is 13.2 Å². The molecule has 0 aliphatic heterocycles. The van der Waals surface area contributed by atoms with Gasteiger partial charge in [0.25, 0.3) is 5.91 Å². The lowest BCUT2D eigenvalue weighted by Crippen LogP contribution is -2.27. The molecule has 0 spiro atoms. The van der Waals surface area contributed by atoms with Gasteiger partial charge in [-0.25, -0.2) is 13.1 Å². The van der Waals surface area contributed by atoms with E-state index in [1.54, 1.807) is 37.3 Å². The lowest BCUT2D eigenvalue weighted by atomic mass is 10.1. The molecule has 1 aliphatic rings. The molecular weight excluding hydrogens is 350 g/mol. The summed E-state index contributed by atoms with van der Waals surface area (Å²) in [5, 5.41) is 11.6. The Morgan fingerprint density at radius 1 is 1.19 bits per heavy atom. The van der Waals surface area contributed by atoms with E-state index in [0.29, 0.717) is 23.2 Å². The van der Waals surface area contributed by atoms with E-state index in [-0.39, 0.29) is 16.8 Å². The van der Waals surface area contributed by atoms with Crippen molar-refractivity contribution in [2.45, 2.75) is 37.2 Å². The largest absolute Gasteiger partial charge is 0.348 e. The van der Waals surface area contributed by atoms with E-state index in [2.05, 4.69) is 10.0 Å². The molecule has 0 bridgehead atoms. The zero-order valence-electron chi connectivity index (χ0n) is 14.3. The molecule has 0 aromatic heterocycles. The van der Waals surface area contributed by atoms with Crippen molar-refractivity contribution in [1.29, 1.82) is 5.26 Å². The van der Waals surface area contributed by atoms with E-state index in [1.165, 1.54) is 12.1 Å². The number of nitriles is 1. The molecule has 134 valence electrons. The molecule has 0 heterocycles. The summed E-state index contributed by atoms with van der Waals surface area (Å²) in [6, 6.07) is 13.5. The third-order valence-corrected chi connectivity index (χ3v) is 5.72. The van der Waals surface area contributed by atoms with Crippen LogP contribution in [0.1, 0.15) is 39.9 Å². The van der Waals surface area contributed by atoms with Gasteiger partial charge in [0.1, 0.15) is 0 Å². The number of nitrogens with zero attached hydrogens (tertiary/aromatic N) is 1. The fourth-order valence-electron chi connectivity index (χ4n) is 2.48. The molecule has 2 aromatic carbocycles. The second-order valence-electron chi connectivity index (χ2n) is 6.36. The third-order valence-electron chi connectivity index (χ3n) is 4.20. The van der Waals surface area contributed by atoms with Crippen LogP contribution in [-0.2, 0) is 16.6 Å². The highest BCUT2D eigenvalue weighted by Crippen LogP contribution is 2.23. The summed E-state index contributed by atoms with van der Waals surface area (Å²) in [4.78, 5) is 12.6. The SMILES string of the molecule is Cc1ccc(S(=O)(=O)NC2CC2)cc1C(=O)NCc1ccc(C#N)cc1. The predicted octanol–water partition coefficient (Wildman–Crippen LogP) is 2.24. The Morgan fingerprint density at radius 3 is 2.50 bits per heavy atom. The number of aryl methyl sites for hydroxylation is 1. The fraction of sp³-hybridized carbons (Fsp3) is 0.263.